The second kappa shape index (κ2) is 5.84. The maximum absolute atomic E-state index is 9.19. The molecule has 1 fully saturated rings. The monoisotopic (exact) mass is 225 g/mol. The lowest BCUT2D eigenvalue weighted by Gasteiger charge is -2.17. The minimum Gasteiger partial charge on any atom is -0.398 e. The average Bonchev–Trinajstić information content (AvgIpc) is 2.61. The lowest BCUT2D eigenvalue weighted by atomic mass is 10.0. The lowest BCUT2D eigenvalue weighted by Crippen LogP contribution is -2.29. The van der Waals surface area contributed by atoms with Crippen LogP contribution < -0.4 is 5.73 Å². The van der Waals surface area contributed by atoms with Crippen LogP contribution in [0.15, 0.2) is 36.1 Å². The molecule has 0 saturated carbocycles. The van der Waals surface area contributed by atoms with Crippen LogP contribution in [0.5, 0.6) is 0 Å². The van der Waals surface area contributed by atoms with Crippen LogP contribution in [0.1, 0.15) is 13.8 Å². The Morgan fingerprint density at radius 2 is 2.19 bits per heavy atom. The molecule has 3 N–H and O–H groups in total. The molecule has 0 amide bonds. The zero-order valence-electron chi connectivity index (χ0n) is 9.72. The van der Waals surface area contributed by atoms with Gasteiger partial charge in [-0.15, -0.1) is 0 Å². The van der Waals surface area contributed by atoms with Gasteiger partial charge < -0.3 is 20.3 Å². The third kappa shape index (κ3) is 2.72. The van der Waals surface area contributed by atoms with Crippen LogP contribution in [0.4, 0.5) is 0 Å². The quantitative estimate of drug-likeness (QED) is 0.703. The smallest absolute Gasteiger partial charge is 0.156 e. The summed E-state index contributed by atoms with van der Waals surface area (Å²) in [7, 11) is 0. The number of aliphatic hydroxyl groups excluding tert-OH is 1. The van der Waals surface area contributed by atoms with Crippen LogP contribution in [0.3, 0.4) is 0 Å². The Bertz CT molecular complexity index is 309. The van der Waals surface area contributed by atoms with Crippen molar-refractivity contribution in [2.75, 3.05) is 6.61 Å². The Kier molecular flexibility index (Phi) is 4.73. The fourth-order valence-corrected chi connectivity index (χ4v) is 1.73. The second-order valence-corrected chi connectivity index (χ2v) is 3.60. The van der Waals surface area contributed by atoms with E-state index in [1.807, 2.05) is 13.0 Å². The van der Waals surface area contributed by atoms with Gasteiger partial charge in [-0.05, 0) is 19.9 Å². The number of hydrogen-bond acceptors (Lipinski definition) is 4. The van der Waals surface area contributed by atoms with Gasteiger partial charge in [-0.25, -0.2) is 0 Å². The first-order chi connectivity index (χ1) is 7.63. The van der Waals surface area contributed by atoms with Crippen LogP contribution in [0, 0.1) is 0 Å². The highest BCUT2D eigenvalue weighted by molar-refractivity contribution is 5.34. The van der Waals surface area contributed by atoms with Gasteiger partial charge in [-0.3, -0.25) is 0 Å². The lowest BCUT2D eigenvalue weighted by molar-refractivity contribution is -0.0539. The van der Waals surface area contributed by atoms with E-state index in [1.165, 1.54) is 0 Å². The summed E-state index contributed by atoms with van der Waals surface area (Å²) in [6.07, 6.45) is 4.18. The molecule has 0 aromatic heterocycles. The molecule has 1 unspecified atom stereocenters. The largest absolute Gasteiger partial charge is 0.398 e. The van der Waals surface area contributed by atoms with Crippen molar-refractivity contribution in [2.24, 2.45) is 5.73 Å². The van der Waals surface area contributed by atoms with Gasteiger partial charge in [0.1, 0.15) is 12.2 Å². The summed E-state index contributed by atoms with van der Waals surface area (Å²) < 4.78 is 11.0. The van der Waals surface area contributed by atoms with Crippen molar-refractivity contribution >= 4 is 0 Å². The molecule has 90 valence electrons. The molecule has 1 rings (SSSR count). The molecule has 4 heteroatoms. The minimum atomic E-state index is -0.383. The summed E-state index contributed by atoms with van der Waals surface area (Å²) in [6.45, 7) is 7.28. The van der Waals surface area contributed by atoms with E-state index >= 15 is 0 Å². The van der Waals surface area contributed by atoms with Gasteiger partial charge in [0.05, 0.1) is 6.61 Å². The first-order valence-electron chi connectivity index (χ1n) is 5.30. The topological polar surface area (TPSA) is 64.7 Å². The maximum atomic E-state index is 9.19. The molecule has 3 atom stereocenters. The highest BCUT2D eigenvalue weighted by atomic mass is 16.7. The highest BCUT2D eigenvalue weighted by Crippen LogP contribution is 2.26. The van der Waals surface area contributed by atoms with Crippen LogP contribution in [-0.2, 0) is 9.47 Å². The van der Waals surface area contributed by atoms with Crippen molar-refractivity contribution in [2.45, 2.75) is 32.3 Å². The van der Waals surface area contributed by atoms with E-state index in [0.29, 0.717) is 5.70 Å². The van der Waals surface area contributed by atoms with Gasteiger partial charge in [-0.2, -0.15) is 0 Å². The number of aliphatic hydroxyl groups is 1. The van der Waals surface area contributed by atoms with Crippen molar-refractivity contribution < 1.29 is 14.6 Å². The zero-order valence-corrected chi connectivity index (χ0v) is 9.72. The molecule has 0 aliphatic carbocycles. The zero-order chi connectivity index (χ0) is 12.1. The molecule has 1 heterocycles. The van der Waals surface area contributed by atoms with Gasteiger partial charge in [0.25, 0.3) is 0 Å². The second-order valence-electron chi connectivity index (χ2n) is 3.60. The Hall–Kier alpha value is -1.10. The molecule has 1 aliphatic rings. The van der Waals surface area contributed by atoms with E-state index in [-0.39, 0.29) is 25.1 Å². The Morgan fingerprint density at radius 1 is 1.50 bits per heavy atom. The van der Waals surface area contributed by atoms with Crippen molar-refractivity contribution in [3.8, 4) is 0 Å². The van der Waals surface area contributed by atoms with Gasteiger partial charge in [0.15, 0.2) is 6.29 Å². The molecule has 0 bridgehead atoms. The van der Waals surface area contributed by atoms with Crippen LogP contribution >= 0.6 is 0 Å². The van der Waals surface area contributed by atoms with E-state index in [4.69, 9.17) is 15.2 Å². The Morgan fingerprint density at radius 3 is 2.69 bits per heavy atom. The number of hydrogen-bond donors (Lipinski definition) is 2. The van der Waals surface area contributed by atoms with Crippen LogP contribution in [0.25, 0.3) is 0 Å². The van der Waals surface area contributed by atoms with Gasteiger partial charge >= 0.3 is 0 Å². The molecule has 0 radical (unpaired) electrons. The number of allylic oxidation sites excluding steroid dienone is 2. The van der Waals surface area contributed by atoms with Crippen LogP contribution in [0.2, 0.25) is 0 Å². The summed E-state index contributed by atoms with van der Waals surface area (Å²) in [5.41, 5.74) is 7.22. The Balaban J connectivity index is 2.96. The number of rotatable bonds is 4. The molecule has 1 aliphatic heterocycles. The molecule has 0 aromatic carbocycles. The Labute approximate surface area is 96.0 Å². The van der Waals surface area contributed by atoms with E-state index in [0.717, 1.165) is 5.57 Å². The fraction of sp³-hybridized carbons (Fsp3) is 0.500. The summed E-state index contributed by atoms with van der Waals surface area (Å²) in [5, 5.41) is 9.19. The third-order valence-electron chi connectivity index (χ3n) is 2.43. The SMILES string of the molecule is C=C/C(=C(N)\C=C/C)[C@@H]1OC(C)O[C@H]1CO. The normalized spacial score (nSPS) is 31.8. The first kappa shape index (κ1) is 13.0. The number of nitrogens with two attached hydrogens (primary N) is 1. The van der Waals surface area contributed by atoms with E-state index < -0.39 is 0 Å². The fourth-order valence-electron chi connectivity index (χ4n) is 1.73. The van der Waals surface area contributed by atoms with E-state index in [9.17, 15) is 5.11 Å². The molecule has 1 saturated heterocycles. The van der Waals surface area contributed by atoms with Crippen LogP contribution in [-0.4, -0.2) is 30.2 Å². The van der Waals surface area contributed by atoms with Crippen molar-refractivity contribution in [1.29, 1.82) is 0 Å². The third-order valence-corrected chi connectivity index (χ3v) is 2.43. The highest BCUT2D eigenvalue weighted by Gasteiger charge is 2.35. The maximum Gasteiger partial charge on any atom is 0.156 e. The summed E-state index contributed by atoms with van der Waals surface area (Å²) in [4.78, 5) is 0. The molecule has 4 nitrogen and oxygen atoms in total. The molecule has 16 heavy (non-hydrogen) atoms. The molecular weight excluding hydrogens is 206 g/mol. The average molecular weight is 225 g/mol. The predicted molar refractivity (Wildman–Crippen MR) is 62.5 cm³/mol. The van der Waals surface area contributed by atoms with Gasteiger partial charge in [0, 0.05) is 11.3 Å². The summed E-state index contributed by atoms with van der Waals surface area (Å²) in [6, 6.07) is 0. The van der Waals surface area contributed by atoms with Crippen molar-refractivity contribution in [3.63, 3.8) is 0 Å². The first-order valence-corrected chi connectivity index (χ1v) is 5.30. The van der Waals surface area contributed by atoms with E-state index in [2.05, 4.69) is 6.58 Å². The standard InChI is InChI=1S/C12H19NO3/c1-4-6-10(13)9(5-2)12-11(7-14)15-8(3)16-12/h4-6,8,11-12,14H,2,7,13H2,1,3H3/b6-4-,10-9-/t8?,11-,12-/m0/s1. The van der Waals surface area contributed by atoms with Crippen molar-refractivity contribution in [1.82, 2.24) is 0 Å². The summed E-state index contributed by atoms with van der Waals surface area (Å²) in [5.74, 6) is 0. The van der Waals surface area contributed by atoms with Gasteiger partial charge in [-0.1, -0.05) is 18.7 Å². The predicted octanol–water partition coefficient (Wildman–Crippen LogP) is 1.08. The minimum absolute atomic E-state index is 0.102. The molecule has 0 spiro atoms. The molecular formula is C12H19NO3. The van der Waals surface area contributed by atoms with Gasteiger partial charge in [0.2, 0.25) is 0 Å². The molecule has 0 aromatic rings. The van der Waals surface area contributed by atoms with E-state index in [1.54, 1.807) is 19.1 Å². The summed E-state index contributed by atoms with van der Waals surface area (Å²) >= 11 is 0. The number of ether oxygens (including phenoxy) is 2. The van der Waals surface area contributed by atoms with Crippen molar-refractivity contribution in [3.05, 3.63) is 36.1 Å².